The Morgan fingerprint density at radius 1 is 1.37 bits per heavy atom. The lowest BCUT2D eigenvalue weighted by Crippen LogP contribution is -2.42. The lowest BCUT2D eigenvalue weighted by atomic mass is 9.94. The Hall–Kier alpha value is -1.42. The van der Waals surface area contributed by atoms with Gasteiger partial charge in [0.05, 0.1) is 0 Å². The smallest absolute Gasteiger partial charge is 0.221 e. The zero-order valence-electron chi connectivity index (χ0n) is 11.1. The van der Waals surface area contributed by atoms with Crippen LogP contribution in [0.3, 0.4) is 0 Å². The van der Waals surface area contributed by atoms with Crippen LogP contribution in [-0.4, -0.2) is 18.0 Å². The van der Waals surface area contributed by atoms with Crippen molar-refractivity contribution < 1.29 is 9.18 Å². The number of carbonyl (C=O) groups excluding carboxylic acids is 1. The summed E-state index contributed by atoms with van der Waals surface area (Å²) in [5.74, 6) is -0.239. The predicted molar refractivity (Wildman–Crippen MR) is 73.1 cm³/mol. The van der Waals surface area contributed by atoms with Crippen molar-refractivity contribution in [1.82, 2.24) is 5.32 Å². The van der Waals surface area contributed by atoms with Crippen molar-refractivity contribution in [3.63, 3.8) is 0 Å². The molecule has 0 saturated heterocycles. The molecule has 3 N–H and O–H groups in total. The van der Waals surface area contributed by atoms with Crippen molar-refractivity contribution in [3.8, 4) is 0 Å². The first-order valence-electron chi connectivity index (χ1n) is 6.87. The van der Waals surface area contributed by atoms with Gasteiger partial charge in [0.2, 0.25) is 5.91 Å². The third-order valence-electron chi connectivity index (χ3n) is 3.74. The number of rotatable bonds is 5. The molecule has 1 aromatic rings. The molecule has 0 bridgehead atoms. The van der Waals surface area contributed by atoms with E-state index in [1.54, 1.807) is 6.07 Å². The van der Waals surface area contributed by atoms with E-state index in [1.807, 2.05) is 6.07 Å². The van der Waals surface area contributed by atoms with Gasteiger partial charge in [0.25, 0.3) is 0 Å². The van der Waals surface area contributed by atoms with Gasteiger partial charge in [0.1, 0.15) is 5.82 Å². The van der Waals surface area contributed by atoms with Crippen LogP contribution in [0.4, 0.5) is 4.39 Å². The fourth-order valence-electron chi connectivity index (χ4n) is 2.68. The molecule has 1 aliphatic rings. The van der Waals surface area contributed by atoms with Gasteiger partial charge in [-0.2, -0.15) is 0 Å². The average Bonchev–Trinajstić information content (AvgIpc) is 2.75. The molecule has 1 saturated carbocycles. The Bertz CT molecular complexity index is 442. The highest BCUT2D eigenvalue weighted by atomic mass is 19.1. The molecule has 0 aliphatic heterocycles. The molecule has 0 heterocycles. The minimum absolute atomic E-state index is 0.000744. The van der Waals surface area contributed by atoms with Crippen molar-refractivity contribution in [3.05, 3.63) is 35.6 Å². The molecule has 0 atom stereocenters. The fourth-order valence-corrected chi connectivity index (χ4v) is 2.68. The Morgan fingerprint density at radius 3 is 2.79 bits per heavy atom. The van der Waals surface area contributed by atoms with Gasteiger partial charge in [-0.05, 0) is 37.0 Å². The van der Waals surface area contributed by atoms with E-state index in [0.29, 0.717) is 19.4 Å². The average molecular weight is 264 g/mol. The summed E-state index contributed by atoms with van der Waals surface area (Å²) in [6, 6.07) is 6.45. The van der Waals surface area contributed by atoms with E-state index in [-0.39, 0.29) is 17.3 Å². The van der Waals surface area contributed by atoms with Crippen LogP contribution in [0, 0.1) is 5.82 Å². The summed E-state index contributed by atoms with van der Waals surface area (Å²) in [6.07, 6.45) is 5.14. The normalized spacial score (nSPS) is 17.4. The first-order valence-corrected chi connectivity index (χ1v) is 6.87. The molecule has 1 fully saturated rings. The van der Waals surface area contributed by atoms with E-state index < -0.39 is 0 Å². The van der Waals surface area contributed by atoms with Gasteiger partial charge in [0, 0.05) is 18.5 Å². The number of hydrogen-bond acceptors (Lipinski definition) is 2. The van der Waals surface area contributed by atoms with Gasteiger partial charge >= 0.3 is 0 Å². The first kappa shape index (κ1) is 14.0. The summed E-state index contributed by atoms with van der Waals surface area (Å²) in [5.41, 5.74) is 6.74. The van der Waals surface area contributed by atoms with Crippen molar-refractivity contribution in [2.24, 2.45) is 5.73 Å². The molecule has 104 valence electrons. The van der Waals surface area contributed by atoms with Crippen LogP contribution in [0.25, 0.3) is 0 Å². The predicted octanol–water partition coefficient (Wildman–Crippen LogP) is 2.15. The minimum Gasteiger partial charge on any atom is -0.356 e. The molecular weight excluding hydrogens is 243 g/mol. The number of benzene rings is 1. The number of halogens is 1. The number of amides is 1. The van der Waals surface area contributed by atoms with Crippen molar-refractivity contribution >= 4 is 5.91 Å². The van der Waals surface area contributed by atoms with Crippen LogP contribution in [-0.2, 0) is 11.2 Å². The van der Waals surface area contributed by atoms with E-state index in [4.69, 9.17) is 5.73 Å². The molecule has 3 nitrogen and oxygen atoms in total. The van der Waals surface area contributed by atoms with E-state index >= 15 is 0 Å². The summed E-state index contributed by atoms with van der Waals surface area (Å²) in [5, 5.41) is 2.86. The number of hydrogen-bond donors (Lipinski definition) is 2. The second-order valence-electron chi connectivity index (χ2n) is 5.48. The maximum absolute atomic E-state index is 13.0. The lowest BCUT2D eigenvalue weighted by molar-refractivity contribution is -0.122. The van der Waals surface area contributed by atoms with Gasteiger partial charge in [-0.15, -0.1) is 0 Å². The zero-order valence-corrected chi connectivity index (χ0v) is 11.1. The second-order valence-corrected chi connectivity index (χ2v) is 5.48. The highest BCUT2D eigenvalue weighted by molar-refractivity contribution is 5.77. The van der Waals surface area contributed by atoms with Crippen molar-refractivity contribution in [1.29, 1.82) is 0 Å². The van der Waals surface area contributed by atoms with E-state index in [2.05, 4.69) is 5.32 Å². The summed E-state index contributed by atoms with van der Waals surface area (Å²) in [7, 11) is 0. The molecule has 1 amide bonds. The largest absolute Gasteiger partial charge is 0.356 e. The van der Waals surface area contributed by atoms with Gasteiger partial charge < -0.3 is 11.1 Å². The third-order valence-corrected chi connectivity index (χ3v) is 3.74. The summed E-state index contributed by atoms with van der Waals surface area (Å²) >= 11 is 0. The van der Waals surface area contributed by atoms with Gasteiger partial charge in [0.15, 0.2) is 0 Å². The minimum atomic E-state index is -0.303. The quantitative estimate of drug-likeness (QED) is 0.856. The summed E-state index contributed by atoms with van der Waals surface area (Å²) < 4.78 is 13.0. The molecule has 0 radical (unpaired) electrons. The molecule has 2 rings (SSSR count). The Kier molecular flexibility index (Phi) is 4.53. The fraction of sp³-hybridized carbons (Fsp3) is 0.533. The molecule has 0 spiro atoms. The highest BCUT2D eigenvalue weighted by Crippen LogP contribution is 2.29. The van der Waals surface area contributed by atoms with Crippen LogP contribution < -0.4 is 11.1 Å². The van der Waals surface area contributed by atoms with Crippen LogP contribution >= 0.6 is 0 Å². The molecule has 1 aliphatic carbocycles. The topological polar surface area (TPSA) is 55.1 Å². The highest BCUT2D eigenvalue weighted by Gasteiger charge is 2.31. The van der Waals surface area contributed by atoms with Gasteiger partial charge in [-0.1, -0.05) is 25.0 Å². The van der Waals surface area contributed by atoms with Crippen LogP contribution in [0.15, 0.2) is 24.3 Å². The van der Waals surface area contributed by atoms with Crippen molar-refractivity contribution in [2.75, 3.05) is 6.54 Å². The SMILES string of the molecule is NC1(CC(=O)NCCc2cccc(F)c2)CCCC1. The van der Waals surface area contributed by atoms with E-state index in [1.165, 1.54) is 12.1 Å². The molecule has 1 aromatic carbocycles. The second kappa shape index (κ2) is 6.15. The summed E-state index contributed by atoms with van der Waals surface area (Å²) in [6.45, 7) is 0.526. The monoisotopic (exact) mass is 264 g/mol. The third kappa shape index (κ3) is 4.31. The van der Waals surface area contributed by atoms with Crippen LogP contribution in [0.2, 0.25) is 0 Å². The Morgan fingerprint density at radius 2 is 2.11 bits per heavy atom. The zero-order chi connectivity index (χ0) is 13.7. The van der Waals surface area contributed by atoms with E-state index in [0.717, 1.165) is 31.2 Å². The maximum Gasteiger partial charge on any atom is 0.221 e. The molecule has 0 aromatic heterocycles. The van der Waals surface area contributed by atoms with Gasteiger partial charge in [-0.3, -0.25) is 4.79 Å². The summed E-state index contributed by atoms with van der Waals surface area (Å²) in [4.78, 5) is 11.8. The molecule has 4 heteroatoms. The maximum atomic E-state index is 13.0. The van der Waals surface area contributed by atoms with Crippen LogP contribution in [0.5, 0.6) is 0 Å². The first-order chi connectivity index (χ1) is 9.07. The van der Waals surface area contributed by atoms with Crippen LogP contribution in [0.1, 0.15) is 37.7 Å². The van der Waals surface area contributed by atoms with E-state index in [9.17, 15) is 9.18 Å². The lowest BCUT2D eigenvalue weighted by Gasteiger charge is -2.22. The standard InChI is InChI=1S/C15H21FN2O/c16-13-5-3-4-12(10-13)6-9-18-14(19)11-15(17)7-1-2-8-15/h3-5,10H,1-2,6-9,11,17H2,(H,18,19). The number of nitrogens with two attached hydrogens (primary N) is 1. The van der Waals surface area contributed by atoms with Crippen molar-refractivity contribution in [2.45, 2.75) is 44.1 Å². The number of nitrogens with one attached hydrogen (secondary N) is 1. The molecule has 0 unspecified atom stereocenters. The van der Waals surface area contributed by atoms with Gasteiger partial charge in [-0.25, -0.2) is 4.39 Å². The molecule has 19 heavy (non-hydrogen) atoms. The Labute approximate surface area is 113 Å². The number of carbonyl (C=O) groups is 1. The Balaban J connectivity index is 1.72. The molecular formula is C15H21FN2O.